The molecule has 2 heteroatoms. The lowest BCUT2D eigenvalue weighted by atomic mass is 9.64. The first kappa shape index (κ1) is 12.2. The normalized spacial score (nSPS) is 12.9. The Morgan fingerprint density at radius 3 is 2.07 bits per heavy atom. The molecule has 0 aromatic heterocycles. The fourth-order valence-electron chi connectivity index (χ4n) is 1.63. The lowest BCUT2D eigenvalue weighted by Crippen LogP contribution is -2.40. The zero-order valence-corrected chi connectivity index (χ0v) is 10.1. The van der Waals surface area contributed by atoms with Crippen molar-refractivity contribution >= 4 is 0 Å². The third-order valence-corrected chi connectivity index (χ3v) is 3.63. The van der Waals surface area contributed by atoms with Crippen LogP contribution in [0.3, 0.4) is 0 Å². The van der Waals surface area contributed by atoms with Gasteiger partial charge in [0.15, 0.2) is 0 Å². The van der Waals surface area contributed by atoms with Crippen LogP contribution in [0.4, 0.5) is 0 Å². The predicted octanol–water partition coefficient (Wildman–Crippen LogP) is 2.88. The van der Waals surface area contributed by atoms with Gasteiger partial charge < -0.3 is 4.84 Å². The van der Waals surface area contributed by atoms with Crippen LogP contribution in [0.25, 0.3) is 0 Å². The van der Waals surface area contributed by atoms with Crippen molar-refractivity contribution in [1.29, 1.82) is 0 Å². The summed E-state index contributed by atoms with van der Waals surface area (Å²) in [6.07, 6.45) is 0. The highest BCUT2D eigenvalue weighted by Crippen LogP contribution is 2.41. The van der Waals surface area contributed by atoms with Gasteiger partial charge in [0, 0.05) is 0 Å². The third-order valence-electron chi connectivity index (χ3n) is 3.63. The Bertz CT molecular complexity index is 304. The van der Waals surface area contributed by atoms with Gasteiger partial charge in [0.2, 0.25) is 0 Å². The maximum absolute atomic E-state index is 5.19. The summed E-state index contributed by atoms with van der Waals surface area (Å²) in [6.45, 7) is 9.34. The van der Waals surface area contributed by atoms with Crippen LogP contribution in [0.1, 0.15) is 33.3 Å². The Morgan fingerprint density at radius 2 is 1.60 bits per heavy atom. The molecule has 0 aliphatic heterocycles. The molecule has 15 heavy (non-hydrogen) atoms. The minimum Gasteiger partial charge on any atom is -0.304 e. The van der Waals surface area contributed by atoms with Gasteiger partial charge in [-0.25, -0.2) is 5.90 Å². The second-order valence-electron chi connectivity index (χ2n) is 5.19. The van der Waals surface area contributed by atoms with Crippen molar-refractivity contribution < 1.29 is 4.84 Å². The summed E-state index contributed by atoms with van der Waals surface area (Å²) in [7, 11) is 0. The molecule has 0 atom stereocenters. The van der Waals surface area contributed by atoms with Crippen molar-refractivity contribution in [3.63, 3.8) is 0 Å². The summed E-state index contributed by atoms with van der Waals surface area (Å²) in [5.74, 6) is 5.19. The molecule has 0 aliphatic rings. The first-order valence-corrected chi connectivity index (χ1v) is 5.29. The number of rotatable bonds is 4. The van der Waals surface area contributed by atoms with Crippen molar-refractivity contribution in [2.75, 3.05) is 6.61 Å². The highest BCUT2D eigenvalue weighted by Gasteiger charge is 2.38. The van der Waals surface area contributed by atoms with Crippen LogP contribution < -0.4 is 5.90 Å². The van der Waals surface area contributed by atoms with Crippen LogP contribution in [0.2, 0.25) is 0 Å². The maximum atomic E-state index is 5.19. The van der Waals surface area contributed by atoms with E-state index in [2.05, 4.69) is 52.0 Å². The molecule has 1 aromatic rings. The lowest BCUT2D eigenvalue weighted by Gasteiger charge is -2.41. The molecule has 1 aromatic carbocycles. The van der Waals surface area contributed by atoms with Gasteiger partial charge >= 0.3 is 0 Å². The average Bonchev–Trinajstić information content (AvgIpc) is 2.19. The fourth-order valence-corrected chi connectivity index (χ4v) is 1.63. The SMILES string of the molecule is CC(C)(CON)C(C)(C)c1ccccc1. The highest BCUT2D eigenvalue weighted by molar-refractivity contribution is 5.26. The molecule has 0 radical (unpaired) electrons. The summed E-state index contributed by atoms with van der Waals surface area (Å²) in [6, 6.07) is 10.5. The van der Waals surface area contributed by atoms with Gasteiger partial charge in [-0.2, -0.15) is 0 Å². The molecule has 1 rings (SSSR count). The Labute approximate surface area is 92.4 Å². The monoisotopic (exact) mass is 207 g/mol. The van der Waals surface area contributed by atoms with Gasteiger partial charge in [0.1, 0.15) is 0 Å². The van der Waals surface area contributed by atoms with E-state index in [4.69, 9.17) is 10.7 Å². The highest BCUT2D eigenvalue weighted by atomic mass is 16.6. The van der Waals surface area contributed by atoms with E-state index < -0.39 is 0 Å². The first-order chi connectivity index (χ1) is 6.92. The Morgan fingerprint density at radius 1 is 1.07 bits per heavy atom. The maximum Gasteiger partial charge on any atom is 0.0738 e. The van der Waals surface area contributed by atoms with E-state index in [1.807, 2.05) is 6.07 Å². The molecule has 0 amide bonds. The molecule has 0 heterocycles. The van der Waals surface area contributed by atoms with E-state index >= 15 is 0 Å². The van der Waals surface area contributed by atoms with Crippen LogP contribution in [0.5, 0.6) is 0 Å². The summed E-state index contributed by atoms with van der Waals surface area (Å²) in [4.78, 5) is 4.81. The van der Waals surface area contributed by atoms with Crippen LogP contribution in [0.15, 0.2) is 30.3 Å². The van der Waals surface area contributed by atoms with Crippen LogP contribution in [-0.4, -0.2) is 6.61 Å². The van der Waals surface area contributed by atoms with Crippen molar-refractivity contribution in [2.45, 2.75) is 33.1 Å². The van der Waals surface area contributed by atoms with Gasteiger partial charge in [-0.15, -0.1) is 0 Å². The van der Waals surface area contributed by atoms with E-state index in [0.29, 0.717) is 6.61 Å². The zero-order valence-electron chi connectivity index (χ0n) is 10.1. The quantitative estimate of drug-likeness (QED) is 0.770. The average molecular weight is 207 g/mol. The van der Waals surface area contributed by atoms with Crippen LogP contribution in [0, 0.1) is 5.41 Å². The summed E-state index contributed by atoms with van der Waals surface area (Å²) < 4.78 is 0. The molecule has 0 unspecified atom stereocenters. The van der Waals surface area contributed by atoms with Gasteiger partial charge in [0.25, 0.3) is 0 Å². The molecule has 0 fully saturated rings. The molecule has 2 N–H and O–H groups in total. The lowest BCUT2D eigenvalue weighted by molar-refractivity contribution is 0.0228. The Hall–Kier alpha value is -0.860. The number of hydrogen-bond donors (Lipinski definition) is 1. The Kier molecular flexibility index (Phi) is 3.53. The van der Waals surface area contributed by atoms with Crippen molar-refractivity contribution in [3.05, 3.63) is 35.9 Å². The van der Waals surface area contributed by atoms with E-state index in [0.717, 1.165) is 0 Å². The minimum atomic E-state index is 0.00308. The molecular weight excluding hydrogens is 186 g/mol. The molecule has 84 valence electrons. The zero-order chi connectivity index (χ0) is 11.5. The number of nitrogens with two attached hydrogens (primary N) is 1. The predicted molar refractivity (Wildman–Crippen MR) is 63.4 cm³/mol. The molecule has 0 saturated heterocycles. The molecule has 0 saturated carbocycles. The Balaban J connectivity index is 3.01. The third kappa shape index (κ3) is 2.39. The molecular formula is C13H21NO. The standard InChI is InChI=1S/C13H21NO/c1-12(2,10-15-14)13(3,4)11-8-6-5-7-9-11/h5-9H,10,14H2,1-4H3. The molecule has 0 aliphatic carbocycles. The second kappa shape index (κ2) is 4.33. The van der Waals surface area contributed by atoms with E-state index in [1.54, 1.807) is 0 Å². The van der Waals surface area contributed by atoms with Gasteiger partial charge in [-0.05, 0) is 16.4 Å². The topological polar surface area (TPSA) is 35.2 Å². The molecule has 0 bridgehead atoms. The molecule has 2 nitrogen and oxygen atoms in total. The van der Waals surface area contributed by atoms with Crippen molar-refractivity contribution in [2.24, 2.45) is 11.3 Å². The van der Waals surface area contributed by atoms with Crippen molar-refractivity contribution in [3.8, 4) is 0 Å². The van der Waals surface area contributed by atoms with Crippen LogP contribution in [-0.2, 0) is 10.3 Å². The largest absolute Gasteiger partial charge is 0.304 e. The smallest absolute Gasteiger partial charge is 0.0738 e. The summed E-state index contributed by atoms with van der Waals surface area (Å²) in [5, 5.41) is 0. The first-order valence-electron chi connectivity index (χ1n) is 5.29. The summed E-state index contributed by atoms with van der Waals surface area (Å²) >= 11 is 0. The van der Waals surface area contributed by atoms with Gasteiger partial charge in [0.05, 0.1) is 6.61 Å². The van der Waals surface area contributed by atoms with Gasteiger partial charge in [-0.3, -0.25) is 0 Å². The van der Waals surface area contributed by atoms with E-state index in [1.165, 1.54) is 5.56 Å². The number of hydrogen-bond acceptors (Lipinski definition) is 2. The van der Waals surface area contributed by atoms with E-state index in [9.17, 15) is 0 Å². The summed E-state index contributed by atoms with van der Waals surface area (Å²) in [5.41, 5.74) is 1.35. The molecule has 0 spiro atoms. The second-order valence-corrected chi connectivity index (χ2v) is 5.19. The minimum absolute atomic E-state index is 0.00308. The fraction of sp³-hybridized carbons (Fsp3) is 0.538. The van der Waals surface area contributed by atoms with Gasteiger partial charge in [-0.1, -0.05) is 58.0 Å². The van der Waals surface area contributed by atoms with Crippen molar-refractivity contribution in [1.82, 2.24) is 0 Å². The van der Waals surface area contributed by atoms with E-state index in [-0.39, 0.29) is 10.8 Å². The number of benzene rings is 1. The van der Waals surface area contributed by atoms with Crippen LogP contribution >= 0.6 is 0 Å².